The number of hydroxylamine groups is 3. The number of rotatable bonds is 7. The van der Waals surface area contributed by atoms with Crippen LogP contribution < -0.4 is 15.8 Å². The molecule has 1 aliphatic carbocycles. The normalized spacial score (nSPS) is 22.5. The Balaban J connectivity index is 1.87. The van der Waals surface area contributed by atoms with Crippen molar-refractivity contribution in [2.75, 3.05) is 46.7 Å². The second-order valence-electron chi connectivity index (χ2n) is 7.49. The van der Waals surface area contributed by atoms with Crippen molar-refractivity contribution in [3.8, 4) is 0 Å². The third-order valence-electron chi connectivity index (χ3n) is 5.43. The van der Waals surface area contributed by atoms with Crippen molar-refractivity contribution < 1.29 is 14.2 Å². The van der Waals surface area contributed by atoms with E-state index < -0.39 is 0 Å². The van der Waals surface area contributed by atoms with Crippen molar-refractivity contribution in [1.29, 1.82) is 0 Å². The molecule has 0 saturated carbocycles. The van der Waals surface area contributed by atoms with E-state index in [0.29, 0.717) is 0 Å². The van der Waals surface area contributed by atoms with Crippen LogP contribution in [0.1, 0.15) is 19.3 Å². The number of quaternary nitrogens is 1. The molecule has 3 aliphatic rings. The SMILES string of the molecule is COC1=CC2=C(C=CCC2)C2=c3c(NCCCN(C)C)nncc3=C[N+]12OC. The van der Waals surface area contributed by atoms with Gasteiger partial charge in [0, 0.05) is 18.2 Å². The first-order chi connectivity index (χ1) is 13.6. The molecule has 0 bridgehead atoms. The number of fused-ring (bicyclic) bond motifs is 3. The standard InChI is InChI=1S/C21H28N5O2/c1-25(2)11-7-10-22-21-19-16(13-23-24-21)14-26(28-4)18(27-3)12-15-8-5-6-9-17(15)20(19)26/h6,9,12-14H,5,7-8,10-11H2,1-4H3,(H,22,24)/q+1. The maximum absolute atomic E-state index is 6.04. The highest BCUT2D eigenvalue weighted by atomic mass is 16.7. The van der Waals surface area contributed by atoms with Crippen molar-refractivity contribution in [3.05, 3.63) is 51.9 Å². The van der Waals surface area contributed by atoms with Gasteiger partial charge in [0.1, 0.15) is 0 Å². The van der Waals surface area contributed by atoms with Crippen LogP contribution in [-0.4, -0.2) is 61.1 Å². The molecule has 7 nitrogen and oxygen atoms in total. The van der Waals surface area contributed by atoms with Gasteiger partial charge < -0.3 is 15.0 Å². The molecular formula is C21H28N5O2+. The zero-order chi connectivity index (χ0) is 19.7. The fraction of sp³-hybridized carbons (Fsp3) is 0.429. The molecule has 1 atom stereocenters. The lowest BCUT2D eigenvalue weighted by Crippen LogP contribution is -2.42. The van der Waals surface area contributed by atoms with Gasteiger partial charge in [0.2, 0.25) is 0 Å². The molecular weight excluding hydrogens is 354 g/mol. The van der Waals surface area contributed by atoms with Crippen molar-refractivity contribution in [2.45, 2.75) is 19.3 Å². The van der Waals surface area contributed by atoms with E-state index >= 15 is 0 Å². The Hall–Kier alpha value is -2.48. The molecule has 7 heteroatoms. The smallest absolute Gasteiger partial charge is 0.335 e. The monoisotopic (exact) mass is 382 g/mol. The van der Waals surface area contributed by atoms with E-state index in [-0.39, 0.29) is 4.65 Å². The minimum Gasteiger partial charge on any atom is -0.452 e. The molecule has 0 saturated heterocycles. The van der Waals surface area contributed by atoms with Crippen molar-refractivity contribution in [1.82, 2.24) is 15.1 Å². The van der Waals surface area contributed by atoms with Crippen molar-refractivity contribution in [3.63, 3.8) is 0 Å². The van der Waals surface area contributed by atoms with E-state index in [1.807, 2.05) is 6.20 Å². The minimum absolute atomic E-state index is 0.0920. The summed E-state index contributed by atoms with van der Waals surface area (Å²) in [6.45, 7) is 1.85. The highest BCUT2D eigenvalue weighted by molar-refractivity contribution is 5.74. The molecule has 0 amide bonds. The molecule has 1 aromatic heterocycles. The summed E-state index contributed by atoms with van der Waals surface area (Å²) in [5, 5.41) is 14.2. The van der Waals surface area contributed by atoms with Gasteiger partial charge in [-0.25, -0.2) is 0 Å². The van der Waals surface area contributed by atoms with E-state index in [1.54, 1.807) is 20.4 Å². The zero-order valence-corrected chi connectivity index (χ0v) is 17.0. The average Bonchev–Trinajstić information content (AvgIpc) is 3.07. The lowest BCUT2D eigenvalue weighted by Gasteiger charge is -2.34. The topological polar surface area (TPSA) is 59.5 Å². The molecule has 28 heavy (non-hydrogen) atoms. The Morgan fingerprint density at radius 2 is 2.14 bits per heavy atom. The third-order valence-corrected chi connectivity index (χ3v) is 5.43. The molecule has 1 N–H and O–H groups in total. The maximum atomic E-state index is 6.04. The highest BCUT2D eigenvalue weighted by Crippen LogP contribution is 2.43. The summed E-state index contributed by atoms with van der Waals surface area (Å²) >= 11 is 0. The first-order valence-electron chi connectivity index (χ1n) is 9.69. The third kappa shape index (κ3) is 2.96. The average molecular weight is 382 g/mol. The van der Waals surface area contributed by atoms with Gasteiger partial charge in [-0.05, 0) is 45.5 Å². The summed E-state index contributed by atoms with van der Waals surface area (Å²) in [6.07, 6.45) is 13.4. The predicted molar refractivity (Wildman–Crippen MR) is 109 cm³/mol. The van der Waals surface area contributed by atoms with Crippen molar-refractivity contribution >= 4 is 17.7 Å². The van der Waals surface area contributed by atoms with Crippen molar-refractivity contribution in [2.24, 2.45) is 0 Å². The quantitative estimate of drug-likeness (QED) is 0.565. The van der Waals surface area contributed by atoms with Crippen LogP contribution in [0.2, 0.25) is 0 Å². The van der Waals surface area contributed by atoms with E-state index in [2.05, 4.69) is 52.7 Å². The Labute approximate surface area is 165 Å². The number of anilines is 1. The Bertz CT molecular complexity index is 993. The molecule has 1 aromatic rings. The van der Waals surface area contributed by atoms with Gasteiger partial charge in [0.15, 0.2) is 17.7 Å². The highest BCUT2D eigenvalue weighted by Gasteiger charge is 2.49. The minimum atomic E-state index is 0.0920. The fourth-order valence-electron chi connectivity index (χ4n) is 4.12. The number of hydrogen-bond acceptors (Lipinski definition) is 6. The van der Waals surface area contributed by atoms with E-state index in [0.717, 1.165) is 60.2 Å². The number of hydrogen-bond donors (Lipinski definition) is 1. The van der Waals surface area contributed by atoms with Crippen LogP contribution in [0.3, 0.4) is 0 Å². The van der Waals surface area contributed by atoms with Gasteiger partial charge >= 0.3 is 5.88 Å². The van der Waals surface area contributed by atoms with Gasteiger partial charge in [-0.1, -0.05) is 16.8 Å². The molecule has 0 aromatic carbocycles. The summed E-state index contributed by atoms with van der Waals surface area (Å²) in [4.78, 5) is 8.22. The lowest BCUT2D eigenvalue weighted by atomic mass is 9.91. The summed E-state index contributed by atoms with van der Waals surface area (Å²) in [5.41, 5.74) is 3.51. The van der Waals surface area contributed by atoms with Gasteiger partial charge in [-0.3, -0.25) is 0 Å². The summed E-state index contributed by atoms with van der Waals surface area (Å²) in [5.74, 6) is 1.55. The zero-order valence-electron chi connectivity index (χ0n) is 17.0. The number of nitrogens with one attached hydrogen (secondary N) is 1. The van der Waals surface area contributed by atoms with Gasteiger partial charge in [0.05, 0.1) is 30.9 Å². The number of ether oxygens (including phenoxy) is 1. The molecule has 2 aliphatic heterocycles. The van der Waals surface area contributed by atoms with E-state index in [9.17, 15) is 0 Å². The van der Waals surface area contributed by atoms with Crippen LogP contribution in [0.15, 0.2) is 41.5 Å². The van der Waals surface area contributed by atoms with Gasteiger partial charge in [-0.2, -0.15) is 9.94 Å². The van der Waals surface area contributed by atoms with Crippen LogP contribution in [-0.2, 0) is 9.57 Å². The van der Waals surface area contributed by atoms with Gasteiger partial charge in [-0.15, -0.1) is 5.10 Å². The van der Waals surface area contributed by atoms with Crippen LogP contribution in [0.5, 0.6) is 0 Å². The molecule has 0 radical (unpaired) electrons. The molecule has 3 heterocycles. The Kier molecular flexibility index (Phi) is 5.05. The lowest BCUT2D eigenvalue weighted by molar-refractivity contribution is -0.962. The largest absolute Gasteiger partial charge is 0.452 e. The number of nitrogens with zero attached hydrogens (tertiary/aromatic N) is 4. The molecule has 1 unspecified atom stereocenters. The Morgan fingerprint density at radius 3 is 2.89 bits per heavy atom. The van der Waals surface area contributed by atoms with E-state index in [4.69, 9.17) is 9.57 Å². The summed E-state index contributed by atoms with van der Waals surface area (Å²) < 4.78 is 5.87. The molecule has 4 rings (SSSR count). The fourth-order valence-corrected chi connectivity index (χ4v) is 4.12. The molecule has 0 fully saturated rings. The summed E-state index contributed by atoms with van der Waals surface area (Å²) in [7, 11) is 7.57. The number of aromatic nitrogens is 2. The van der Waals surface area contributed by atoms with Crippen LogP contribution in [0.4, 0.5) is 5.82 Å². The van der Waals surface area contributed by atoms with Crippen LogP contribution >= 0.6 is 0 Å². The number of allylic oxidation sites excluding steroid dienone is 3. The van der Waals surface area contributed by atoms with E-state index in [1.165, 1.54) is 11.1 Å². The van der Waals surface area contributed by atoms with Crippen LogP contribution in [0.25, 0.3) is 11.9 Å². The maximum Gasteiger partial charge on any atom is 0.335 e. The first-order valence-corrected chi connectivity index (χ1v) is 9.69. The number of methoxy groups -OCH3 is 1. The molecule has 148 valence electrons. The second kappa shape index (κ2) is 7.50. The Morgan fingerprint density at radius 1 is 1.29 bits per heavy atom. The summed E-state index contributed by atoms with van der Waals surface area (Å²) in [6, 6.07) is 0. The second-order valence-corrected chi connectivity index (χ2v) is 7.49. The molecule has 0 spiro atoms. The van der Waals surface area contributed by atoms with Gasteiger partial charge in [0.25, 0.3) is 0 Å². The van der Waals surface area contributed by atoms with Crippen LogP contribution in [0, 0.1) is 0 Å². The predicted octanol–water partition coefficient (Wildman–Crippen LogP) is 1.23. The first kappa shape index (κ1) is 18.9.